The zero-order valence-corrected chi connectivity index (χ0v) is 12.2. The van der Waals surface area contributed by atoms with E-state index in [-0.39, 0.29) is 17.9 Å². The molecule has 1 aliphatic rings. The van der Waals surface area contributed by atoms with Gasteiger partial charge in [-0.3, -0.25) is 9.59 Å². The van der Waals surface area contributed by atoms with E-state index in [4.69, 9.17) is 4.74 Å². The molecule has 0 aromatic rings. The molecular formula is C13H22N2O5. The van der Waals surface area contributed by atoms with Gasteiger partial charge in [-0.2, -0.15) is 0 Å². The highest BCUT2D eigenvalue weighted by atomic mass is 16.5. The van der Waals surface area contributed by atoms with Gasteiger partial charge in [0.05, 0.1) is 26.2 Å². The first kappa shape index (κ1) is 16.3. The number of likely N-dealkylation sites (tertiary alicyclic amines) is 1. The lowest BCUT2D eigenvalue weighted by Crippen LogP contribution is -2.54. The van der Waals surface area contributed by atoms with Crippen molar-refractivity contribution in [2.45, 2.75) is 32.2 Å². The van der Waals surface area contributed by atoms with Gasteiger partial charge in [-0.1, -0.05) is 6.92 Å². The number of rotatable bonds is 4. The molecule has 7 heteroatoms. The van der Waals surface area contributed by atoms with Gasteiger partial charge in [-0.15, -0.1) is 0 Å². The lowest BCUT2D eigenvalue weighted by molar-refractivity contribution is -0.149. The molecule has 0 aromatic carbocycles. The summed E-state index contributed by atoms with van der Waals surface area (Å²) >= 11 is 0. The number of hydrogen-bond acceptors (Lipinski definition) is 5. The van der Waals surface area contributed by atoms with Gasteiger partial charge in [0.2, 0.25) is 5.91 Å². The van der Waals surface area contributed by atoms with E-state index in [1.54, 1.807) is 4.90 Å². The van der Waals surface area contributed by atoms with Gasteiger partial charge in [-0.25, -0.2) is 4.79 Å². The maximum atomic E-state index is 12.0. The SMILES string of the molecule is CCCC(=O)N1CC(NC(=O)OC)CC(C(=O)OC)C1. The van der Waals surface area contributed by atoms with E-state index in [1.165, 1.54) is 14.2 Å². The molecular weight excluding hydrogens is 264 g/mol. The van der Waals surface area contributed by atoms with Crippen LogP contribution in [0, 0.1) is 5.92 Å². The summed E-state index contributed by atoms with van der Waals surface area (Å²) < 4.78 is 9.29. The first-order valence-corrected chi connectivity index (χ1v) is 6.71. The van der Waals surface area contributed by atoms with Gasteiger partial charge < -0.3 is 19.7 Å². The van der Waals surface area contributed by atoms with Crippen LogP contribution in [0.15, 0.2) is 0 Å². The zero-order chi connectivity index (χ0) is 15.1. The van der Waals surface area contributed by atoms with Crippen LogP contribution < -0.4 is 5.32 Å². The van der Waals surface area contributed by atoms with Gasteiger partial charge in [0, 0.05) is 19.5 Å². The predicted octanol–water partition coefficient (Wildman–Crippen LogP) is 0.533. The van der Waals surface area contributed by atoms with Gasteiger partial charge in [0.1, 0.15) is 0 Å². The Hall–Kier alpha value is -1.79. The lowest BCUT2D eigenvalue weighted by atomic mass is 9.94. The molecule has 1 aliphatic heterocycles. The Morgan fingerprint density at radius 2 is 1.90 bits per heavy atom. The van der Waals surface area contributed by atoms with Crippen LogP contribution in [-0.2, 0) is 19.1 Å². The summed E-state index contributed by atoms with van der Waals surface area (Å²) in [5.74, 6) is -0.801. The fourth-order valence-corrected chi connectivity index (χ4v) is 2.34. The van der Waals surface area contributed by atoms with Gasteiger partial charge in [0.25, 0.3) is 0 Å². The van der Waals surface area contributed by atoms with Crippen molar-refractivity contribution in [3.63, 3.8) is 0 Å². The number of amides is 2. The number of hydrogen-bond donors (Lipinski definition) is 1. The van der Waals surface area contributed by atoms with Gasteiger partial charge in [-0.05, 0) is 12.8 Å². The molecule has 0 aromatic heterocycles. The highest BCUT2D eigenvalue weighted by molar-refractivity contribution is 5.79. The summed E-state index contributed by atoms with van der Waals surface area (Å²) in [5.41, 5.74) is 0. The molecule has 0 aliphatic carbocycles. The second-order valence-corrected chi connectivity index (χ2v) is 4.84. The van der Waals surface area contributed by atoms with E-state index in [2.05, 4.69) is 10.1 Å². The molecule has 0 spiro atoms. The fraction of sp³-hybridized carbons (Fsp3) is 0.769. The molecule has 2 unspecified atom stereocenters. The minimum Gasteiger partial charge on any atom is -0.469 e. The Morgan fingerprint density at radius 3 is 2.45 bits per heavy atom. The third-order valence-corrected chi connectivity index (χ3v) is 3.31. The van der Waals surface area contributed by atoms with Crippen LogP contribution in [0.25, 0.3) is 0 Å². The minimum absolute atomic E-state index is 0.0160. The number of carbonyl (C=O) groups is 3. The number of ether oxygens (including phenoxy) is 2. The molecule has 1 saturated heterocycles. The Morgan fingerprint density at radius 1 is 1.20 bits per heavy atom. The zero-order valence-electron chi connectivity index (χ0n) is 12.2. The van der Waals surface area contributed by atoms with Crippen LogP contribution in [0.5, 0.6) is 0 Å². The van der Waals surface area contributed by atoms with E-state index in [0.717, 1.165) is 6.42 Å². The summed E-state index contributed by atoms with van der Waals surface area (Å²) in [4.78, 5) is 36.6. The smallest absolute Gasteiger partial charge is 0.407 e. The monoisotopic (exact) mass is 286 g/mol. The molecule has 114 valence electrons. The Kier molecular flexibility index (Phi) is 6.27. The van der Waals surface area contributed by atoms with Crippen molar-refractivity contribution in [2.75, 3.05) is 27.3 Å². The summed E-state index contributed by atoms with van der Waals surface area (Å²) in [6.07, 6.45) is 1.05. The lowest BCUT2D eigenvalue weighted by Gasteiger charge is -2.36. The van der Waals surface area contributed by atoms with Crippen LogP contribution >= 0.6 is 0 Å². The number of carbonyl (C=O) groups excluding carboxylic acids is 3. The second kappa shape index (κ2) is 7.72. The molecule has 1 heterocycles. The average Bonchev–Trinajstić information content (AvgIpc) is 2.46. The molecule has 0 bridgehead atoms. The number of nitrogens with zero attached hydrogens (tertiary/aromatic N) is 1. The standard InChI is InChI=1S/C13H22N2O5/c1-4-5-11(16)15-7-9(12(17)19-2)6-10(8-15)14-13(18)20-3/h9-10H,4-8H2,1-3H3,(H,14,18). The van der Waals surface area contributed by atoms with Gasteiger partial charge >= 0.3 is 12.1 Å². The Bertz CT molecular complexity index is 372. The molecule has 1 fully saturated rings. The van der Waals surface area contributed by atoms with E-state index in [1.807, 2.05) is 6.92 Å². The average molecular weight is 286 g/mol. The van der Waals surface area contributed by atoms with Crippen molar-refractivity contribution in [1.82, 2.24) is 10.2 Å². The van der Waals surface area contributed by atoms with Crippen molar-refractivity contribution < 1.29 is 23.9 Å². The van der Waals surface area contributed by atoms with Crippen molar-refractivity contribution in [3.8, 4) is 0 Å². The maximum Gasteiger partial charge on any atom is 0.407 e. The molecule has 2 atom stereocenters. The number of alkyl carbamates (subject to hydrolysis) is 1. The predicted molar refractivity (Wildman–Crippen MR) is 70.9 cm³/mol. The highest BCUT2D eigenvalue weighted by Crippen LogP contribution is 2.19. The fourth-order valence-electron chi connectivity index (χ4n) is 2.34. The number of nitrogens with one attached hydrogen (secondary N) is 1. The van der Waals surface area contributed by atoms with E-state index in [0.29, 0.717) is 25.9 Å². The highest BCUT2D eigenvalue weighted by Gasteiger charge is 2.34. The quantitative estimate of drug-likeness (QED) is 0.762. The number of piperidine rings is 1. The van der Waals surface area contributed by atoms with Crippen molar-refractivity contribution in [3.05, 3.63) is 0 Å². The van der Waals surface area contributed by atoms with E-state index in [9.17, 15) is 14.4 Å². The molecule has 1 N–H and O–H groups in total. The Balaban J connectivity index is 2.74. The molecule has 1 rings (SSSR count). The second-order valence-electron chi connectivity index (χ2n) is 4.84. The molecule has 2 amide bonds. The molecule has 0 radical (unpaired) electrons. The first-order valence-electron chi connectivity index (χ1n) is 6.71. The number of esters is 1. The van der Waals surface area contributed by atoms with Gasteiger partial charge in [0.15, 0.2) is 0 Å². The van der Waals surface area contributed by atoms with Crippen molar-refractivity contribution in [1.29, 1.82) is 0 Å². The van der Waals surface area contributed by atoms with E-state index < -0.39 is 12.0 Å². The van der Waals surface area contributed by atoms with Crippen LogP contribution in [0.2, 0.25) is 0 Å². The summed E-state index contributed by atoms with van der Waals surface area (Å²) in [5, 5.41) is 2.64. The summed E-state index contributed by atoms with van der Waals surface area (Å²) in [6, 6.07) is -0.305. The van der Waals surface area contributed by atoms with Crippen LogP contribution in [-0.4, -0.2) is 56.2 Å². The normalized spacial score (nSPS) is 22.1. The Labute approximate surface area is 118 Å². The van der Waals surface area contributed by atoms with Crippen LogP contribution in [0.4, 0.5) is 4.79 Å². The molecule has 7 nitrogen and oxygen atoms in total. The number of methoxy groups -OCH3 is 2. The summed E-state index contributed by atoms with van der Waals surface area (Å²) in [7, 11) is 2.59. The largest absolute Gasteiger partial charge is 0.469 e. The topological polar surface area (TPSA) is 84.9 Å². The maximum absolute atomic E-state index is 12.0. The van der Waals surface area contributed by atoms with E-state index >= 15 is 0 Å². The van der Waals surface area contributed by atoms with Crippen molar-refractivity contribution >= 4 is 18.0 Å². The first-order chi connectivity index (χ1) is 9.51. The van der Waals surface area contributed by atoms with Crippen LogP contribution in [0.1, 0.15) is 26.2 Å². The third kappa shape index (κ3) is 4.40. The minimum atomic E-state index is -0.566. The molecule has 0 saturated carbocycles. The summed E-state index contributed by atoms with van der Waals surface area (Å²) in [6.45, 7) is 2.65. The third-order valence-electron chi connectivity index (χ3n) is 3.31. The van der Waals surface area contributed by atoms with Crippen molar-refractivity contribution in [2.24, 2.45) is 5.92 Å². The van der Waals surface area contributed by atoms with Crippen LogP contribution in [0.3, 0.4) is 0 Å². The molecule has 20 heavy (non-hydrogen) atoms.